The largest absolute Gasteiger partial charge is 0.339 e. The minimum absolute atomic E-state index is 0.00301. The summed E-state index contributed by atoms with van der Waals surface area (Å²) in [6, 6.07) is 19.8. The zero-order chi connectivity index (χ0) is 17.9. The van der Waals surface area contributed by atoms with Crippen LogP contribution in [0.2, 0.25) is 0 Å². The van der Waals surface area contributed by atoms with Gasteiger partial charge in [0.05, 0.1) is 22.8 Å². The molecule has 126 valence electrons. The topological polar surface area (TPSA) is 65.8 Å². The van der Waals surface area contributed by atoms with Gasteiger partial charge in [0.15, 0.2) is 0 Å². The summed E-state index contributed by atoms with van der Waals surface area (Å²) in [5, 5.41) is 12.3. The predicted molar refractivity (Wildman–Crippen MR) is 102 cm³/mol. The lowest BCUT2D eigenvalue weighted by Gasteiger charge is -2.12. The maximum absolute atomic E-state index is 12.7. The number of para-hydroxylation sites is 1. The van der Waals surface area contributed by atoms with Gasteiger partial charge in [0.25, 0.3) is 5.91 Å². The molecule has 0 fully saturated rings. The molecular weight excluding hydrogens is 322 g/mol. The number of nitriles is 1. The number of rotatable bonds is 3. The molecule has 2 aromatic carbocycles. The lowest BCUT2D eigenvalue weighted by Crippen LogP contribution is -2.25. The Morgan fingerprint density at radius 2 is 1.88 bits per heavy atom. The molecule has 1 amide bonds. The van der Waals surface area contributed by atoms with E-state index in [0.29, 0.717) is 5.56 Å². The first-order chi connectivity index (χ1) is 12.8. The van der Waals surface area contributed by atoms with Crippen molar-refractivity contribution in [3.05, 3.63) is 77.0 Å². The number of amides is 1. The number of nitrogens with one attached hydrogen (secondary N) is 1. The first-order valence-corrected chi connectivity index (χ1v) is 8.60. The van der Waals surface area contributed by atoms with E-state index in [-0.39, 0.29) is 12.5 Å². The summed E-state index contributed by atoms with van der Waals surface area (Å²) in [6.07, 6.45) is 3.78. The van der Waals surface area contributed by atoms with Crippen LogP contribution in [0.3, 0.4) is 0 Å². The maximum atomic E-state index is 12.7. The second kappa shape index (κ2) is 6.81. The van der Waals surface area contributed by atoms with Crippen LogP contribution < -0.4 is 5.32 Å². The molecule has 0 atom stereocenters. The molecule has 1 heterocycles. The molecule has 26 heavy (non-hydrogen) atoms. The zero-order valence-electron chi connectivity index (χ0n) is 14.2. The summed E-state index contributed by atoms with van der Waals surface area (Å²) in [7, 11) is 0. The Morgan fingerprint density at radius 1 is 1.12 bits per heavy atom. The van der Waals surface area contributed by atoms with E-state index in [0.717, 1.165) is 46.1 Å². The van der Waals surface area contributed by atoms with Crippen LogP contribution >= 0.6 is 0 Å². The van der Waals surface area contributed by atoms with Crippen LogP contribution in [0.5, 0.6) is 0 Å². The molecule has 0 saturated carbocycles. The van der Waals surface area contributed by atoms with Crippen molar-refractivity contribution in [2.75, 3.05) is 6.54 Å². The maximum Gasteiger partial charge on any atom is 0.253 e. The molecule has 1 N–H and O–H groups in total. The van der Waals surface area contributed by atoms with Gasteiger partial charge in [-0.25, -0.2) is 4.98 Å². The van der Waals surface area contributed by atoms with Gasteiger partial charge >= 0.3 is 0 Å². The Hall–Kier alpha value is -3.45. The van der Waals surface area contributed by atoms with E-state index in [1.165, 1.54) is 0 Å². The van der Waals surface area contributed by atoms with Crippen LogP contribution in [0.1, 0.15) is 33.6 Å². The number of aromatic nitrogens is 1. The third-order valence-corrected chi connectivity index (χ3v) is 4.64. The van der Waals surface area contributed by atoms with Crippen molar-refractivity contribution in [3.63, 3.8) is 0 Å². The molecule has 1 aromatic heterocycles. The average Bonchev–Trinajstić information content (AvgIpc) is 3.07. The standard InChI is InChI=1S/C22H17N3O/c23-12-13-24-22(26)20-17-8-4-5-9-19(17)25-21-16(10-11-18(20)21)14-15-6-2-1-3-7-15/h1-9,14H,10-11,13H2,(H,24,26)/b16-14+. The fourth-order valence-electron chi connectivity index (χ4n) is 3.50. The monoisotopic (exact) mass is 339 g/mol. The van der Waals surface area contributed by atoms with Gasteiger partial charge in [0.2, 0.25) is 0 Å². The Morgan fingerprint density at radius 3 is 2.69 bits per heavy atom. The lowest BCUT2D eigenvalue weighted by atomic mass is 10.00. The lowest BCUT2D eigenvalue weighted by molar-refractivity contribution is 0.0959. The Labute approximate surface area is 151 Å². The third kappa shape index (κ3) is 2.84. The van der Waals surface area contributed by atoms with Crippen LogP contribution in [0.4, 0.5) is 0 Å². The van der Waals surface area contributed by atoms with Gasteiger partial charge in [0, 0.05) is 5.39 Å². The van der Waals surface area contributed by atoms with Crippen molar-refractivity contribution in [1.29, 1.82) is 5.26 Å². The normalized spacial score (nSPS) is 14.2. The Kier molecular flexibility index (Phi) is 4.20. The quantitative estimate of drug-likeness (QED) is 0.734. The van der Waals surface area contributed by atoms with Crippen molar-refractivity contribution < 1.29 is 4.79 Å². The van der Waals surface area contributed by atoms with Crippen molar-refractivity contribution in [2.45, 2.75) is 12.8 Å². The SMILES string of the molecule is N#CCNC(=O)c1c2c(nc3ccccc13)/C(=C/c1ccccc1)CC2. The van der Waals surface area contributed by atoms with Crippen LogP contribution in [-0.2, 0) is 6.42 Å². The zero-order valence-corrected chi connectivity index (χ0v) is 14.2. The number of benzene rings is 2. The van der Waals surface area contributed by atoms with E-state index in [9.17, 15) is 4.79 Å². The fourth-order valence-corrected chi connectivity index (χ4v) is 3.50. The number of carbonyl (C=O) groups excluding carboxylic acids is 1. The van der Waals surface area contributed by atoms with Crippen molar-refractivity contribution in [1.82, 2.24) is 10.3 Å². The smallest absolute Gasteiger partial charge is 0.253 e. The molecule has 4 heteroatoms. The van der Waals surface area contributed by atoms with Crippen molar-refractivity contribution >= 4 is 28.5 Å². The van der Waals surface area contributed by atoms with Crippen LogP contribution in [-0.4, -0.2) is 17.4 Å². The van der Waals surface area contributed by atoms with Gasteiger partial charge in [0.1, 0.15) is 6.54 Å². The van der Waals surface area contributed by atoms with E-state index < -0.39 is 0 Å². The highest BCUT2D eigenvalue weighted by molar-refractivity contribution is 6.09. The van der Waals surface area contributed by atoms with E-state index in [2.05, 4.69) is 23.5 Å². The average molecular weight is 339 g/mol. The highest BCUT2D eigenvalue weighted by Crippen LogP contribution is 2.37. The molecule has 0 aliphatic heterocycles. The Bertz CT molecular complexity index is 1060. The molecule has 1 aliphatic carbocycles. The second-order valence-electron chi connectivity index (χ2n) is 6.25. The molecule has 1 aliphatic rings. The number of pyridine rings is 1. The first-order valence-electron chi connectivity index (χ1n) is 8.60. The molecule has 0 unspecified atom stereocenters. The van der Waals surface area contributed by atoms with Gasteiger partial charge in [-0.15, -0.1) is 0 Å². The minimum atomic E-state index is -0.206. The molecule has 0 saturated heterocycles. The third-order valence-electron chi connectivity index (χ3n) is 4.64. The number of allylic oxidation sites excluding steroid dienone is 1. The molecule has 0 spiro atoms. The highest BCUT2D eigenvalue weighted by Gasteiger charge is 2.26. The van der Waals surface area contributed by atoms with Gasteiger partial charge in [-0.1, -0.05) is 48.5 Å². The van der Waals surface area contributed by atoms with Crippen LogP contribution in [0.25, 0.3) is 22.6 Å². The summed E-state index contributed by atoms with van der Waals surface area (Å²) in [6.45, 7) is -0.00301. The van der Waals surface area contributed by atoms with Gasteiger partial charge in [-0.2, -0.15) is 5.26 Å². The van der Waals surface area contributed by atoms with Crippen molar-refractivity contribution in [3.8, 4) is 6.07 Å². The Balaban J connectivity index is 1.89. The van der Waals surface area contributed by atoms with Crippen LogP contribution in [0.15, 0.2) is 54.6 Å². The summed E-state index contributed by atoms with van der Waals surface area (Å²) < 4.78 is 0. The number of hydrogen-bond acceptors (Lipinski definition) is 3. The molecule has 3 aromatic rings. The molecule has 4 rings (SSSR count). The van der Waals surface area contributed by atoms with Gasteiger partial charge < -0.3 is 5.32 Å². The van der Waals surface area contributed by atoms with E-state index in [1.807, 2.05) is 48.5 Å². The summed E-state index contributed by atoms with van der Waals surface area (Å²) in [4.78, 5) is 17.6. The first kappa shape index (κ1) is 16.0. The van der Waals surface area contributed by atoms with Gasteiger partial charge in [-0.3, -0.25) is 4.79 Å². The van der Waals surface area contributed by atoms with E-state index in [4.69, 9.17) is 10.2 Å². The number of hydrogen-bond donors (Lipinski definition) is 1. The predicted octanol–water partition coefficient (Wildman–Crippen LogP) is 3.97. The molecule has 0 bridgehead atoms. The minimum Gasteiger partial charge on any atom is -0.339 e. The number of fused-ring (bicyclic) bond motifs is 2. The summed E-state index contributed by atoms with van der Waals surface area (Å²) >= 11 is 0. The van der Waals surface area contributed by atoms with E-state index in [1.54, 1.807) is 0 Å². The summed E-state index contributed by atoms with van der Waals surface area (Å²) in [5.74, 6) is -0.206. The molecular formula is C22H17N3O. The number of carbonyl (C=O) groups is 1. The fraction of sp³-hybridized carbons (Fsp3) is 0.136. The molecule has 4 nitrogen and oxygen atoms in total. The summed E-state index contributed by atoms with van der Waals surface area (Å²) in [5.41, 5.74) is 5.59. The number of nitrogens with zero attached hydrogens (tertiary/aromatic N) is 2. The van der Waals surface area contributed by atoms with Crippen molar-refractivity contribution in [2.24, 2.45) is 0 Å². The van der Waals surface area contributed by atoms with Gasteiger partial charge in [-0.05, 0) is 41.7 Å². The molecule has 0 radical (unpaired) electrons. The second-order valence-corrected chi connectivity index (χ2v) is 6.25. The van der Waals surface area contributed by atoms with E-state index >= 15 is 0 Å². The highest BCUT2D eigenvalue weighted by atomic mass is 16.1. The van der Waals surface area contributed by atoms with Crippen LogP contribution in [0, 0.1) is 11.3 Å².